The molecule has 3 amide bonds. The van der Waals surface area contributed by atoms with Gasteiger partial charge in [-0.1, -0.05) is 0 Å². The molecule has 28 heavy (non-hydrogen) atoms. The van der Waals surface area contributed by atoms with Crippen LogP contribution in [0.1, 0.15) is 26.7 Å². The summed E-state index contributed by atoms with van der Waals surface area (Å²) in [5.41, 5.74) is 0.584. The summed E-state index contributed by atoms with van der Waals surface area (Å²) in [6.45, 7) is 6.50. The predicted molar refractivity (Wildman–Crippen MR) is 107 cm³/mol. The molecule has 0 bridgehead atoms. The summed E-state index contributed by atoms with van der Waals surface area (Å²) in [7, 11) is 4.60. The minimum absolute atomic E-state index is 0.0495. The molecule has 0 aromatic heterocycles. The van der Waals surface area contributed by atoms with Crippen LogP contribution in [0.2, 0.25) is 0 Å². The highest BCUT2D eigenvalue weighted by Gasteiger charge is 2.29. The maximum absolute atomic E-state index is 12.7. The van der Waals surface area contributed by atoms with Crippen LogP contribution in [0.5, 0.6) is 17.2 Å². The van der Waals surface area contributed by atoms with Gasteiger partial charge in [-0.2, -0.15) is 0 Å². The lowest BCUT2D eigenvalue weighted by Crippen LogP contribution is -2.47. The van der Waals surface area contributed by atoms with Crippen LogP contribution >= 0.6 is 0 Å². The van der Waals surface area contributed by atoms with Gasteiger partial charge in [0.2, 0.25) is 11.7 Å². The van der Waals surface area contributed by atoms with Crippen LogP contribution in [0.15, 0.2) is 12.1 Å². The number of carbonyl (C=O) groups excluding carboxylic acids is 2. The number of amides is 3. The molecule has 1 aliphatic heterocycles. The summed E-state index contributed by atoms with van der Waals surface area (Å²) in [6, 6.07) is 3.46. The average Bonchev–Trinajstić information content (AvgIpc) is 2.73. The lowest BCUT2D eigenvalue weighted by molar-refractivity contribution is -0.121. The molecule has 1 heterocycles. The molecule has 8 heteroatoms. The molecule has 1 aliphatic rings. The standard InChI is InChI=1S/C20H31N3O5/c1-6-22(7-2)20(25)23-10-8-14(9-11-23)19(24)21-15-12-16(26-3)18(28-5)17(13-15)27-4/h12-14H,6-11H2,1-5H3,(H,21,24). The molecule has 0 saturated carbocycles. The fourth-order valence-corrected chi connectivity index (χ4v) is 3.42. The van der Waals surface area contributed by atoms with Gasteiger partial charge in [0.25, 0.3) is 0 Å². The fourth-order valence-electron chi connectivity index (χ4n) is 3.42. The number of carbonyl (C=O) groups is 2. The Morgan fingerprint density at radius 1 is 1.04 bits per heavy atom. The first-order valence-electron chi connectivity index (χ1n) is 9.63. The maximum atomic E-state index is 12.7. The third-order valence-electron chi connectivity index (χ3n) is 5.10. The minimum atomic E-state index is -0.139. The number of nitrogens with one attached hydrogen (secondary N) is 1. The molecule has 1 fully saturated rings. The quantitative estimate of drug-likeness (QED) is 0.770. The third-order valence-corrected chi connectivity index (χ3v) is 5.10. The molecule has 0 unspecified atom stereocenters. The fraction of sp³-hybridized carbons (Fsp3) is 0.600. The van der Waals surface area contributed by atoms with Crippen molar-refractivity contribution in [3.05, 3.63) is 12.1 Å². The zero-order chi connectivity index (χ0) is 20.7. The van der Waals surface area contributed by atoms with E-state index in [0.717, 1.165) is 0 Å². The van der Waals surface area contributed by atoms with Crippen molar-refractivity contribution >= 4 is 17.6 Å². The number of likely N-dealkylation sites (tertiary alicyclic amines) is 1. The van der Waals surface area contributed by atoms with Gasteiger partial charge in [-0.25, -0.2) is 4.79 Å². The summed E-state index contributed by atoms with van der Waals surface area (Å²) < 4.78 is 16.0. The SMILES string of the molecule is CCN(CC)C(=O)N1CCC(C(=O)Nc2cc(OC)c(OC)c(OC)c2)CC1. The second kappa shape index (κ2) is 10.1. The third kappa shape index (κ3) is 4.79. The molecular formula is C20H31N3O5. The van der Waals surface area contributed by atoms with Crippen LogP contribution in [0.4, 0.5) is 10.5 Å². The smallest absolute Gasteiger partial charge is 0.319 e. The summed E-state index contributed by atoms with van der Waals surface area (Å²) in [4.78, 5) is 28.8. The van der Waals surface area contributed by atoms with E-state index in [0.29, 0.717) is 62.0 Å². The number of urea groups is 1. The number of ether oxygens (including phenoxy) is 3. The highest BCUT2D eigenvalue weighted by molar-refractivity contribution is 5.93. The molecule has 0 spiro atoms. The van der Waals surface area contributed by atoms with Gasteiger partial charge in [0.15, 0.2) is 11.5 Å². The highest BCUT2D eigenvalue weighted by atomic mass is 16.5. The van der Waals surface area contributed by atoms with Gasteiger partial charge in [0.1, 0.15) is 0 Å². The van der Waals surface area contributed by atoms with E-state index in [4.69, 9.17) is 14.2 Å². The van der Waals surface area contributed by atoms with Gasteiger partial charge >= 0.3 is 6.03 Å². The molecule has 1 aromatic carbocycles. The molecule has 1 N–H and O–H groups in total. The number of piperidine rings is 1. The zero-order valence-electron chi connectivity index (χ0n) is 17.4. The van der Waals surface area contributed by atoms with Gasteiger partial charge in [0, 0.05) is 49.9 Å². The number of methoxy groups -OCH3 is 3. The van der Waals surface area contributed by atoms with E-state index in [2.05, 4.69) is 5.32 Å². The Hall–Kier alpha value is -2.64. The Balaban J connectivity index is 2.00. The molecule has 0 atom stereocenters. The van der Waals surface area contributed by atoms with Crippen LogP contribution in [0.3, 0.4) is 0 Å². The number of anilines is 1. The van der Waals surface area contributed by atoms with Gasteiger partial charge < -0.3 is 29.3 Å². The van der Waals surface area contributed by atoms with Crippen molar-refractivity contribution in [2.75, 3.05) is 52.8 Å². The number of benzene rings is 1. The van der Waals surface area contributed by atoms with E-state index in [1.807, 2.05) is 18.7 Å². The number of rotatable bonds is 7. The number of hydrogen-bond donors (Lipinski definition) is 1. The highest BCUT2D eigenvalue weighted by Crippen LogP contribution is 2.40. The van der Waals surface area contributed by atoms with Gasteiger partial charge in [-0.3, -0.25) is 4.79 Å². The molecule has 0 aliphatic carbocycles. The van der Waals surface area contributed by atoms with Crippen molar-refractivity contribution in [1.82, 2.24) is 9.80 Å². The molecular weight excluding hydrogens is 362 g/mol. The van der Waals surface area contributed by atoms with E-state index >= 15 is 0 Å². The van der Waals surface area contributed by atoms with Crippen molar-refractivity contribution in [3.63, 3.8) is 0 Å². The van der Waals surface area contributed by atoms with Crippen molar-refractivity contribution in [3.8, 4) is 17.2 Å². The average molecular weight is 393 g/mol. The topological polar surface area (TPSA) is 80.3 Å². The molecule has 1 aromatic rings. The first-order chi connectivity index (χ1) is 13.5. The second-order valence-electron chi connectivity index (χ2n) is 6.62. The molecule has 8 nitrogen and oxygen atoms in total. The second-order valence-corrected chi connectivity index (χ2v) is 6.62. The van der Waals surface area contributed by atoms with Crippen molar-refractivity contribution < 1.29 is 23.8 Å². The summed E-state index contributed by atoms with van der Waals surface area (Å²) >= 11 is 0. The summed E-state index contributed by atoms with van der Waals surface area (Å²) in [5.74, 6) is 1.24. The maximum Gasteiger partial charge on any atom is 0.319 e. The predicted octanol–water partition coefficient (Wildman–Crippen LogP) is 2.82. The van der Waals surface area contributed by atoms with E-state index in [9.17, 15) is 9.59 Å². The van der Waals surface area contributed by atoms with E-state index in [-0.39, 0.29) is 17.9 Å². The monoisotopic (exact) mass is 393 g/mol. The zero-order valence-corrected chi connectivity index (χ0v) is 17.4. The molecule has 2 rings (SSSR count). The largest absolute Gasteiger partial charge is 0.493 e. The summed E-state index contributed by atoms with van der Waals surface area (Å²) in [5, 5.41) is 2.93. The Morgan fingerprint density at radius 2 is 1.57 bits per heavy atom. The van der Waals surface area contributed by atoms with E-state index < -0.39 is 0 Å². The number of hydrogen-bond acceptors (Lipinski definition) is 5. The van der Waals surface area contributed by atoms with Crippen LogP contribution in [-0.2, 0) is 4.79 Å². The summed E-state index contributed by atoms with van der Waals surface area (Å²) in [6.07, 6.45) is 1.28. The lowest BCUT2D eigenvalue weighted by atomic mass is 9.96. The normalized spacial score (nSPS) is 14.4. The van der Waals surface area contributed by atoms with Crippen molar-refractivity contribution in [1.29, 1.82) is 0 Å². The van der Waals surface area contributed by atoms with E-state index in [1.54, 1.807) is 17.0 Å². The van der Waals surface area contributed by atoms with Gasteiger partial charge in [-0.05, 0) is 26.7 Å². The Labute approximate surface area is 166 Å². The van der Waals surface area contributed by atoms with Gasteiger partial charge in [-0.15, -0.1) is 0 Å². The van der Waals surface area contributed by atoms with Crippen LogP contribution in [0, 0.1) is 5.92 Å². The van der Waals surface area contributed by atoms with Crippen molar-refractivity contribution in [2.24, 2.45) is 5.92 Å². The van der Waals surface area contributed by atoms with Crippen LogP contribution < -0.4 is 19.5 Å². The molecule has 1 saturated heterocycles. The first kappa shape index (κ1) is 21.7. The molecule has 156 valence electrons. The van der Waals surface area contributed by atoms with Crippen molar-refractivity contribution in [2.45, 2.75) is 26.7 Å². The number of nitrogens with zero attached hydrogens (tertiary/aromatic N) is 2. The Morgan fingerprint density at radius 3 is 2.00 bits per heavy atom. The van der Waals surface area contributed by atoms with E-state index in [1.165, 1.54) is 21.3 Å². The van der Waals surface area contributed by atoms with Crippen LogP contribution in [0.25, 0.3) is 0 Å². The molecule has 0 radical (unpaired) electrons. The van der Waals surface area contributed by atoms with Gasteiger partial charge in [0.05, 0.1) is 21.3 Å². The first-order valence-corrected chi connectivity index (χ1v) is 9.63. The van der Waals surface area contributed by atoms with Crippen LogP contribution in [-0.4, -0.2) is 69.2 Å². The lowest BCUT2D eigenvalue weighted by Gasteiger charge is -2.34. The Bertz CT molecular complexity index is 657. The minimum Gasteiger partial charge on any atom is -0.493 e. The Kier molecular flexibility index (Phi) is 7.78.